The van der Waals surface area contributed by atoms with Gasteiger partial charge < -0.3 is 4.90 Å². The second kappa shape index (κ2) is 7.38. The fraction of sp³-hybridized carbons (Fsp3) is 0.412. The normalized spacial score (nSPS) is 16.0. The molecule has 1 aliphatic rings. The van der Waals surface area contributed by atoms with Crippen LogP contribution in [0.1, 0.15) is 28.9 Å². The Labute approximate surface area is 158 Å². The topological polar surface area (TPSA) is 84.3 Å². The van der Waals surface area contributed by atoms with Crippen LogP contribution in [0.3, 0.4) is 0 Å². The van der Waals surface area contributed by atoms with Gasteiger partial charge in [-0.25, -0.2) is 17.8 Å². The minimum atomic E-state index is -3.23. The fourth-order valence-corrected chi connectivity index (χ4v) is 4.19. The molecule has 0 spiro atoms. The first-order valence-corrected chi connectivity index (χ1v) is 10.6. The van der Waals surface area contributed by atoms with Crippen LogP contribution in [0.5, 0.6) is 0 Å². The van der Waals surface area contributed by atoms with Crippen molar-refractivity contribution < 1.29 is 13.2 Å². The maximum atomic E-state index is 12.8. The molecule has 1 saturated heterocycles. The number of nitrogens with zero attached hydrogens (tertiary/aromatic N) is 3. The molecule has 0 saturated carbocycles. The van der Waals surface area contributed by atoms with E-state index in [1.165, 1.54) is 0 Å². The summed E-state index contributed by atoms with van der Waals surface area (Å²) in [6.07, 6.45) is 3.91. The number of sulfonamides is 1. The first kappa shape index (κ1) is 18.9. The average molecular weight is 397 g/mol. The number of amides is 1. The van der Waals surface area contributed by atoms with Gasteiger partial charge in [0, 0.05) is 24.2 Å². The number of halogens is 1. The zero-order valence-corrected chi connectivity index (χ0v) is 16.2. The lowest BCUT2D eigenvalue weighted by atomic mass is 10.1. The van der Waals surface area contributed by atoms with Crippen LogP contribution in [-0.2, 0) is 10.0 Å². The van der Waals surface area contributed by atoms with Gasteiger partial charge in [-0.2, -0.15) is 5.10 Å². The van der Waals surface area contributed by atoms with Crippen molar-refractivity contribution in [3.8, 4) is 5.69 Å². The van der Waals surface area contributed by atoms with Crippen molar-refractivity contribution in [3.63, 3.8) is 0 Å². The van der Waals surface area contributed by atoms with E-state index in [2.05, 4.69) is 9.82 Å². The molecule has 2 aromatic rings. The fourth-order valence-electron chi connectivity index (χ4n) is 3.16. The van der Waals surface area contributed by atoms with Crippen molar-refractivity contribution in [1.29, 1.82) is 0 Å². The molecule has 7 nitrogen and oxygen atoms in total. The molecule has 1 aromatic heterocycles. The van der Waals surface area contributed by atoms with E-state index in [0.29, 0.717) is 36.5 Å². The molecule has 2 heterocycles. The van der Waals surface area contributed by atoms with Crippen molar-refractivity contribution in [1.82, 2.24) is 19.4 Å². The number of hydrogen-bond donors (Lipinski definition) is 1. The van der Waals surface area contributed by atoms with Crippen molar-refractivity contribution in [2.45, 2.75) is 25.8 Å². The number of rotatable bonds is 4. The predicted molar refractivity (Wildman–Crippen MR) is 100 cm³/mol. The number of nitrogens with one attached hydrogen (secondary N) is 1. The molecule has 1 aliphatic heterocycles. The SMILES string of the molecule is Cc1c(C(=O)N2CCC(NS(C)(=O)=O)CC2)cnn1-c1cccc(Cl)c1. The van der Waals surface area contributed by atoms with Crippen LogP contribution in [0, 0.1) is 6.92 Å². The Balaban J connectivity index is 1.72. The van der Waals surface area contributed by atoms with Crippen LogP contribution < -0.4 is 4.72 Å². The number of hydrogen-bond acceptors (Lipinski definition) is 4. The molecule has 0 aliphatic carbocycles. The summed E-state index contributed by atoms with van der Waals surface area (Å²) in [6.45, 7) is 2.86. The third-order valence-corrected chi connectivity index (χ3v) is 5.45. The van der Waals surface area contributed by atoms with Crippen molar-refractivity contribution in [2.24, 2.45) is 0 Å². The predicted octanol–water partition coefficient (Wildman–Crippen LogP) is 1.99. The third kappa shape index (κ3) is 4.25. The van der Waals surface area contributed by atoms with E-state index in [-0.39, 0.29) is 11.9 Å². The Hall–Kier alpha value is -1.90. The molecule has 1 fully saturated rings. The van der Waals surface area contributed by atoms with E-state index in [0.717, 1.165) is 17.6 Å². The largest absolute Gasteiger partial charge is 0.338 e. The minimum absolute atomic E-state index is 0.0893. The number of carbonyl (C=O) groups excluding carboxylic acids is 1. The molecule has 140 valence electrons. The van der Waals surface area contributed by atoms with Gasteiger partial charge in [0.1, 0.15) is 0 Å². The summed E-state index contributed by atoms with van der Waals surface area (Å²) in [6, 6.07) is 7.16. The quantitative estimate of drug-likeness (QED) is 0.856. The number of likely N-dealkylation sites (tertiary alicyclic amines) is 1. The number of piperidine rings is 1. The van der Waals surface area contributed by atoms with Gasteiger partial charge in [0.05, 0.1) is 29.4 Å². The molecule has 1 aromatic carbocycles. The van der Waals surface area contributed by atoms with E-state index in [9.17, 15) is 13.2 Å². The summed E-state index contributed by atoms with van der Waals surface area (Å²) in [5.41, 5.74) is 2.08. The van der Waals surface area contributed by atoms with Crippen LogP contribution in [0.15, 0.2) is 30.5 Å². The zero-order chi connectivity index (χ0) is 18.9. The Kier molecular flexibility index (Phi) is 5.36. The molecular formula is C17H21ClN4O3S. The van der Waals surface area contributed by atoms with E-state index < -0.39 is 10.0 Å². The second-order valence-corrected chi connectivity index (χ2v) is 8.71. The average Bonchev–Trinajstić information content (AvgIpc) is 2.95. The lowest BCUT2D eigenvalue weighted by Crippen LogP contribution is -2.46. The summed E-state index contributed by atoms with van der Waals surface area (Å²) in [5, 5.41) is 4.93. The van der Waals surface area contributed by atoms with Crippen LogP contribution in [0.2, 0.25) is 5.02 Å². The van der Waals surface area contributed by atoms with Crippen LogP contribution in [0.4, 0.5) is 0 Å². The van der Waals surface area contributed by atoms with E-state index >= 15 is 0 Å². The zero-order valence-electron chi connectivity index (χ0n) is 14.6. The third-order valence-electron chi connectivity index (χ3n) is 4.46. The number of benzene rings is 1. The second-order valence-electron chi connectivity index (χ2n) is 6.49. The summed E-state index contributed by atoms with van der Waals surface area (Å²) in [4.78, 5) is 14.6. The highest BCUT2D eigenvalue weighted by Crippen LogP contribution is 2.20. The van der Waals surface area contributed by atoms with Crippen LogP contribution in [-0.4, -0.2) is 54.4 Å². The highest BCUT2D eigenvalue weighted by atomic mass is 35.5. The maximum absolute atomic E-state index is 12.8. The summed E-state index contributed by atoms with van der Waals surface area (Å²) in [5.74, 6) is -0.0893. The summed E-state index contributed by atoms with van der Waals surface area (Å²) in [7, 11) is -3.23. The summed E-state index contributed by atoms with van der Waals surface area (Å²) >= 11 is 6.03. The molecule has 1 N–H and O–H groups in total. The smallest absolute Gasteiger partial charge is 0.257 e. The Morgan fingerprint density at radius 1 is 1.31 bits per heavy atom. The molecule has 1 amide bonds. The molecule has 9 heteroatoms. The molecule has 3 rings (SSSR count). The molecule has 0 atom stereocenters. The van der Waals surface area contributed by atoms with Crippen LogP contribution in [0.25, 0.3) is 5.69 Å². The van der Waals surface area contributed by atoms with Crippen LogP contribution >= 0.6 is 11.6 Å². The van der Waals surface area contributed by atoms with Gasteiger partial charge in [0.25, 0.3) is 5.91 Å². The van der Waals surface area contributed by atoms with Crippen molar-refractivity contribution in [3.05, 3.63) is 46.7 Å². The van der Waals surface area contributed by atoms with Gasteiger partial charge in [-0.05, 0) is 38.0 Å². The van der Waals surface area contributed by atoms with Gasteiger partial charge in [-0.15, -0.1) is 0 Å². The molecule has 0 unspecified atom stereocenters. The van der Waals surface area contributed by atoms with Gasteiger partial charge in [0.15, 0.2) is 0 Å². The minimum Gasteiger partial charge on any atom is -0.338 e. The van der Waals surface area contributed by atoms with Gasteiger partial charge in [-0.1, -0.05) is 17.7 Å². The highest BCUT2D eigenvalue weighted by molar-refractivity contribution is 7.88. The number of aromatic nitrogens is 2. The van der Waals surface area contributed by atoms with Crippen molar-refractivity contribution >= 4 is 27.5 Å². The first-order valence-electron chi connectivity index (χ1n) is 8.32. The molecule has 0 radical (unpaired) electrons. The maximum Gasteiger partial charge on any atom is 0.257 e. The summed E-state index contributed by atoms with van der Waals surface area (Å²) < 4.78 is 27.0. The lowest BCUT2D eigenvalue weighted by molar-refractivity contribution is 0.0710. The van der Waals surface area contributed by atoms with E-state index in [1.807, 2.05) is 19.1 Å². The monoisotopic (exact) mass is 396 g/mol. The lowest BCUT2D eigenvalue weighted by Gasteiger charge is -2.31. The first-order chi connectivity index (χ1) is 12.2. The van der Waals surface area contributed by atoms with E-state index in [4.69, 9.17) is 11.6 Å². The van der Waals surface area contributed by atoms with Gasteiger partial charge in [0.2, 0.25) is 10.0 Å². The van der Waals surface area contributed by atoms with Gasteiger partial charge in [-0.3, -0.25) is 4.79 Å². The van der Waals surface area contributed by atoms with E-state index in [1.54, 1.807) is 27.9 Å². The highest BCUT2D eigenvalue weighted by Gasteiger charge is 2.27. The Morgan fingerprint density at radius 3 is 2.62 bits per heavy atom. The standard InChI is InChI=1S/C17H21ClN4O3S/c1-12-16(11-19-22(12)15-5-3-4-13(18)10-15)17(23)21-8-6-14(7-9-21)20-26(2,24)25/h3-5,10-11,14,20H,6-9H2,1-2H3. The van der Waals surface area contributed by atoms with Crippen molar-refractivity contribution in [2.75, 3.05) is 19.3 Å². The molecular weight excluding hydrogens is 376 g/mol. The number of carbonyl (C=O) groups is 1. The van der Waals surface area contributed by atoms with Gasteiger partial charge >= 0.3 is 0 Å². The Bertz CT molecular complexity index is 918. The molecule has 26 heavy (non-hydrogen) atoms. The molecule has 0 bridgehead atoms. The Morgan fingerprint density at radius 2 is 2.00 bits per heavy atom.